The first-order valence-electron chi connectivity index (χ1n) is 9.09. The van der Waals surface area contributed by atoms with Crippen LogP contribution in [0.2, 0.25) is 5.02 Å². The van der Waals surface area contributed by atoms with Gasteiger partial charge in [0.15, 0.2) is 17.3 Å². The highest BCUT2D eigenvalue weighted by Crippen LogP contribution is 2.38. The van der Waals surface area contributed by atoms with E-state index < -0.39 is 5.97 Å². The molecule has 2 aromatic carbocycles. The van der Waals surface area contributed by atoms with Crippen molar-refractivity contribution in [1.82, 2.24) is 15.2 Å². The molecule has 3 aromatic rings. The highest BCUT2D eigenvalue weighted by atomic mass is 35.5. The quantitative estimate of drug-likeness (QED) is 0.342. The Balaban J connectivity index is 1.97. The van der Waals surface area contributed by atoms with E-state index in [4.69, 9.17) is 30.5 Å². The minimum Gasteiger partial charge on any atom is -0.496 e. The smallest absolute Gasteiger partial charge is 0.342 e. The number of methoxy groups -OCH3 is 4. The lowest BCUT2D eigenvalue weighted by Crippen LogP contribution is -1.99. The minimum atomic E-state index is -1.15. The summed E-state index contributed by atoms with van der Waals surface area (Å²) >= 11 is 6.95. The summed E-state index contributed by atoms with van der Waals surface area (Å²) in [5.74, 6) is 1.09. The Morgan fingerprint density at radius 2 is 1.66 bits per heavy atom. The molecule has 2 N–H and O–H groups in total. The van der Waals surface area contributed by atoms with Crippen LogP contribution in [0.5, 0.6) is 23.0 Å². The average molecular weight is 478 g/mol. The van der Waals surface area contributed by atoms with Crippen LogP contribution in [0.25, 0.3) is 17.5 Å². The van der Waals surface area contributed by atoms with Gasteiger partial charge in [-0.2, -0.15) is 0 Å². The van der Waals surface area contributed by atoms with Gasteiger partial charge < -0.3 is 24.1 Å². The number of carboxylic acids is 1. The van der Waals surface area contributed by atoms with Crippen LogP contribution in [0.4, 0.5) is 0 Å². The molecular weight excluding hydrogens is 458 g/mol. The van der Waals surface area contributed by atoms with E-state index in [2.05, 4.69) is 15.2 Å². The van der Waals surface area contributed by atoms with Crippen molar-refractivity contribution in [2.24, 2.45) is 0 Å². The predicted octanol–water partition coefficient (Wildman–Crippen LogP) is 4.38. The van der Waals surface area contributed by atoms with Crippen molar-refractivity contribution in [3.63, 3.8) is 0 Å². The van der Waals surface area contributed by atoms with Gasteiger partial charge in [0, 0.05) is 16.7 Å². The first-order chi connectivity index (χ1) is 15.4. The van der Waals surface area contributed by atoms with E-state index in [1.165, 1.54) is 34.5 Å². The topological polar surface area (TPSA) is 116 Å². The van der Waals surface area contributed by atoms with Gasteiger partial charge in [0.25, 0.3) is 0 Å². The molecule has 11 heteroatoms. The van der Waals surface area contributed by atoms with Crippen molar-refractivity contribution >= 4 is 35.4 Å². The number of nitrogens with zero attached hydrogens (tertiary/aromatic N) is 2. The highest BCUT2D eigenvalue weighted by molar-refractivity contribution is 8.04. The molecule has 0 fully saturated rings. The number of nitrogens with one attached hydrogen (secondary N) is 1. The predicted molar refractivity (Wildman–Crippen MR) is 121 cm³/mol. The highest BCUT2D eigenvalue weighted by Gasteiger charge is 2.18. The van der Waals surface area contributed by atoms with Crippen molar-refractivity contribution < 1.29 is 28.8 Å². The van der Waals surface area contributed by atoms with Crippen molar-refractivity contribution in [3.8, 4) is 34.4 Å². The summed E-state index contributed by atoms with van der Waals surface area (Å²) in [6.07, 6.45) is 1.45. The van der Waals surface area contributed by atoms with Crippen molar-refractivity contribution in [1.29, 1.82) is 0 Å². The molecule has 0 unspecified atom stereocenters. The third kappa shape index (κ3) is 5.09. The number of ether oxygens (including phenoxy) is 4. The van der Waals surface area contributed by atoms with Gasteiger partial charge in [-0.15, -0.1) is 5.10 Å². The number of carboxylic acid groups (broad SMARTS) is 1. The zero-order valence-corrected chi connectivity index (χ0v) is 19.2. The number of aromatic amines is 1. The van der Waals surface area contributed by atoms with Gasteiger partial charge in [-0.1, -0.05) is 11.6 Å². The lowest BCUT2D eigenvalue weighted by Gasteiger charge is -2.12. The van der Waals surface area contributed by atoms with E-state index in [0.717, 1.165) is 11.8 Å². The van der Waals surface area contributed by atoms with Crippen molar-refractivity contribution in [2.45, 2.75) is 5.16 Å². The molecule has 0 radical (unpaired) electrons. The maximum Gasteiger partial charge on any atom is 0.342 e. The van der Waals surface area contributed by atoms with Gasteiger partial charge in [-0.25, -0.2) is 9.78 Å². The Kier molecular flexibility index (Phi) is 7.49. The number of rotatable bonds is 9. The van der Waals surface area contributed by atoms with Crippen LogP contribution < -0.4 is 18.9 Å². The second kappa shape index (κ2) is 10.3. The molecule has 0 atom stereocenters. The zero-order chi connectivity index (χ0) is 23.3. The molecule has 32 heavy (non-hydrogen) atoms. The van der Waals surface area contributed by atoms with Gasteiger partial charge in [-0.3, -0.25) is 5.10 Å². The van der Waals surface area contributed by atoms with E-state index >= 15 is 0 Å². The molecule has 0 spiro atoms. The maximum atomic E-state index is 11.9. The van der Waals surface area contributed by atoms with E-state index in [1.807, 2.05) is 0 Å². The number of H-pyrrole nitrogens is 1. The standard InChI is InChI=1S/C21H20ClN3O6S/c1-28-14-6-5-12(22)9-13(14)19-23-21(25-24-19)32-18(20(26)27)8-11-7-16(30-3)17(31-4)10-15(11)29-2/h5-10H,1-4H3,(H,26,27)(H,23,24,25)/b18-8-. The van der Waals surface area contributed by atoms with Gasteiger partial charge in [0.1, 0.15) is 16.4 Å². The van der Waals surface area contributed by atoms with Crippen LogP contribution >= 0.6 is 23.4 Å². The number of aliphatic carboxylic acids is 1. The Bertz CT molecular complexity index is 1160. The number of hydrogen-bond donors (Lipinski definition) is 2. The second-order valence-corrected chi connectivity index (χ2v) is 7.62. The summed E-state index contributed by atoms with van der Waals surface area (Å²) in [5.41, 5.74) is 1.09. The summed E-state index contributed by atoms with van der Waals surface area (Å²) in [5, 5.41) is 17.3. The van der Waals surface area contributed by atoms with Crippen LogP contribution in [0.15, 0.2) is 40.4 Å². The molecule has 0 saturated carbocycles. The van der Waals surface area contributed by atoms with Crippen molar-refractivity contribution in [3.05, 3.63) is 45.8 Å². The normalized spacial score (nSPS) is 11.2. The lowest BCUT2D eigenvalue weighted by molar-refractivity contribution is -0.131. The molecule has 0 bridgehead atoms. The molecular formula is C21H20ClN3O6S. The number of thioether (sulfide) groups is 1. The molecule has 0 aliphatic rings. The first kappa shape index (κ1) is 23.3. The third-order valence-corrected chi connectivity index (χ3v) is 5.43. The molecule has 0 saturated heterocycles. The monoisotopic (exact) mass is 477 g/mol. The Morgan fingerprint density at radius 1 is 1.00 bits per heavy atom. The van der Waals surface area contributed by atoms with E-state index in [9.17, 15) is 9.90 Å². The number of carbonyl (C=O) groups is 1. The second-order valence-electron chi connectivity index (χ2n) is 6.18. The number of halogens is 1. The number of hydrogen-bond acceptors (Lipinski definition) is 8. The fraction of sp³-hybridized carbons (Fsp3) is 0.190. The van der Waals surface area contributed by atoms with Crippen LogP contribution in [-0.2, 0) is 4.79 Å². The molecule has 1 heterocycles. The maximum absolute atomic E-state index is 11.9. The van der Waals surface area contributed by atoms with Crippen LogP contribution in [0, 0.1) is 0 Å². The van der Waals surface area contributed by atoms with E-state index in [-0.39, 0.29) is 10.1 Å². The molecule has 0 aliphatic heterocycles. The summed E-state index contributed by atoms with van der Waals surface area (Å²) in [7, 11) is 6.00. The fourth-order valence-electron chi connectivity index (χ4n) is 2.82. The molecule has 3 rings (SSSR count). The van der Waals surface area contributed by atoms with Crippen molar-refractivity contribution in [2.75, 3.05) is 28.4 Å². The third-order valence-electron chi connectivity index (χ3n) is 4.32. The fourth-order valence-corrected chi connectivity index (χ4v) is 3.69. The van der Waals surface area contributed by atoms with E-state index in [0.29, 0.717) is 45.0 Å². The SMILES string of the molecule is COc1cc(OC)c(OC)cc1/C=C(\Sc1n[nH]c(-c2cc(Cl)ccc2OC)n1)C(=O)O. The van der Waals surface area contributed by atoms with Gasteiger partial charge in [-0.05, 0) is 42.1 Å². The van der Waals surface area contributed by atoms with Gasteiger partial charge in [0.05, 0.1) is 34.0 Å². The van der Waals surface area contributed by atoms with Crippen LogP contribution in [-0.4, -0.2) is 54.7 Å². The molecule has 9 nitrogen and oxygen atoms in total. The molecule has 168 valence electrons. The molecule has 0 aliphatic carbocycles. The van der Waals surface area contributed by atoms with Gasteiger partial charge >= 0.3 is 5.97 Å². The Morgan fingerprint density at radius 3 is 2.28 bits per heavy atom. The van der Waals surface area contributed by atoms with Gasteiger partial charge in [0.2, 0.25) is 5.16 Å². The number of benzene rings is 2. The molecule has 1 aromatic heterocycles. The number of aromatic nitrogens is 3. The summed E-state index contributed by atoms with van der Waals surface area (Å²) in [4.78, 5) is 16.3. The largest absolute Gasteiger partial charge is 0.496 e. The average Bonchev–Trinajstić information content (AvgIpc) is 3.26. The lowest BCUT2D eigenvalue weighted by atomic mass is 10.1. The van der Waals surface area contributed by atoms with Crippen LogP contribution in [0.1, 0.15) is 5.56 Å². The summed E-state index contributed by atoms with van der Waals surface area (Å²) in [6, 6.07) is 8.32. The zero-order valence-electron chi connectivity index (χ0n) is 17.6. The Labute approximate surface area is 193 Å². The molecule has 0 amide bonds. The van der Waals surface area contributed by atoms with E-state index in [1.54, 1.807) is 30.3 Å². The Hall–Kier alpha value is -3.37. The summed E-state index contributed by atoms with van der Waals surface area (Å²) < 4.78 is 21.3. The summed E-state index contributed by atoms with van der Waals surface area (Å²) in [6.45, 7) is 0. The van der Waals surface area contributed by atoms with Crippen LogP contribution in [0.3, 0.4) is 0 Å². The minimum absolute atomic E-state index is 0.0286. The first-order valence-corrected chi connectivity index (χ1v) is 10.3.